The minimum absolute atomic E-state index is 0.195. The SMILES string of the molecule is CONCc1c(Br)ccc(C)c1F. The minimum atomic E-state index is -0.195. The monoisotopic (exact) mass is 247 g/mol. The number of benzene rings is 1. The summed E-state index contributed by atoms with van der Waals surface area (Å²) in [5, 5.41) is 0. The van der Waals surface area contributed by atoms with Crippen LogP contribution in [-0.2, 0) is 11.4 Å². The summed E-state index contributed by atoms with van der Waals surface area (Å²) in [6.07, 6.45) is 0. The van der Waals surface area contributed by atoms with E-state index in [9.17, 15) is 4.39 Å². The van der Waals surface area contributed by atoms with Crippen molar-refractivity contribution in [3.05, 3.63) is 33.5 Å². The maximum atomic E-state index is 13.5. The molecule has 0 spiro atoms. The molecule has 1 rings (SSSR count). The van der Waals surface area contributed by atoms with E-state index in [1.54, 1.807) is 13.0 Å². The quantitative estimate of drug-likeness (QED) is 0.830. The first-order valence-electron chi connectivity index (χ1n) is 3.86. The normalized spacial score (nSPS) is 10.5. The van der Waals surface area contributed by atoms with Crippen molar-refractivity contribution in [2.24, 2.45) is 0 Å². The Morgan fingerprint density at radius 1 is 1.54 bits per heavy atom. The van der Waals surface area contributed by atoms with Gasteiger partial charge in [-0.15, -0.1) is 0 Å². The van der Waals surface area contributed by atoms with E-state index in [0.717, 1.165) is 4.47 Å². The number of hydroxylamine groups is 1. The van der Waals surface area contributed by atoms with E-state index in [-0.39, 0.29) is 5.82 Å². The van der Waals surface area contributed by atoms with Crippen molar-refractivity contribution in [1.82, 2.24) is 5.48 Å². The Kier molecular flexibility index (Phi) is 3.84. The third kappa shape index (κ3) is 2.49. The molecule has 72 valence electrons. The van der Waals surface area contributed by atoms with Gasteiger partial charge in [0.15, 0.2) is 0 Å². The zero-order valence-electron chi connectivity index (χ0n) is 7.53. The van der Waals surface area contributed by atoms with E-state index in [2.05, 4.69) is 26.2 Å². The smallest absolute Gasteiger partial charge is 0.131 e. The van der Waals surface area contributed by atoms with E-state index < -0.39 is 0 Å². The zero-order valence-corrected chi connectivity index (χ0v) is 9.11. The summed E-state index contributed by atoms with van der Waals surface area (Å²) in [7, 11) is 1.50. The number of halogens is 2. The Morgan fingerprint density at radius 3 is 2.85 bits per heavy atom. The molecule has 1 N–H and O–H groups in total. The molecule has 0 saturated carbocycles. The van der Waals surface area contributed by atoms with Gasteiger partial charge in [0.05, 0.1) is 13.7 Å². The first kappa shape index (κ1) is 10.6. The molecule has 1 aromatic carbocycles. The van der Waals surface area contributed by atoms with Gasteiger partial charge in [-0.1, -0.05) is 22.0 Å². The molecule has 0 aromatic heterocycles. The van der Waals surface area contributed by atoms with E-state index in [1.165, 1.54) is 7.11 Å². The average Bonchev–Trinajstić information content (AvgIpc) is 2.12. The Hall–Kier alpha value is -0.450. The highest BCUT2D eigenvalue weighted by Crippen LogP contribution is 2.22. The standard InChI is InChI=1S/C9H11BrFNO/c1-6-3-4-8(10)7(9(6)11)5-12-13-2/h3-4,12H,5H2,1-2H3. The van der Waals surface area contributed by atoms with Gasteiger partial charge in [-0.2, -0.15) is 5.48 Å². The fraction of sp³-hybridized carbons (Fsp3) is 0.333. The summed E-state index contributed by atoms with van der Waals surface area (Å²) in [5.41, 5.74) is 3.82. The first-order valence-corrected chi connectivity index (χ1v) is 4.65. The van der Waals surface area contributed by atoms with Crippen molar-refractivity contribution in [2.45, 2.75) is 13.5 Å². The summed E-state index contributed by atoms with van der Waals surface area (Å²) in [6.45, 7) is 2.09. The van der Waals surface area contributed by atoms with Crippen LogP contribution in [0.3, 0.4) is 0 Å². The molecule has 2 nitrogen and oxygen atoms in total. The van der Waals surface area contributed by atoms with Crippen LogP contribution < -0.4 is 5.48 Å². The van der Waals surface area contributed by atoms with Gasteiger partial charge in [0, 0.05) is 10.0 Å². The largest absolute Gasteiger partial charge is 0.305 e. The third-order valence-corrected chi connectivity index (χ3v) is 2.52. The fourth-order valence-electron chi connectivity index (χ4n) is 1.02. The van der Waals surface area contributed by atoms with Gasteiger partial charge in [-0.25, -0.2) is 4.39 Å². The maximum absolute atomic E-state index is 13.5. The predicted molar refractivity (Wildman–Crippen MR) is 52.7 cm³/mol. The van der Waals surface area contributed by atoms with Gasteiger partial charge in [-0.3, -0.25) is 0 Å². The molecule has 0 aliphatic heterocycles. The van der Waals surface area contributed by atoms with Crippen LogP contribution in [0.1, 0.15) is 11.1 Å². The summed E-state index contributed by atoms with van der Waals surface area (Å²) in [5.74, 6) is -0.195. The van der Waals surface area contributed by atoms with Crippen LogP contribution in [0.5, 0.6) is 0 Å². The van der Waals surface area contributed by atoms with Gasteiger partial charge in [0.2, 0.25) is 0 Å². The molecule has 0 aliphatic rings. The van der Waals surface area contributed by atoms with Crippen LogP contribution in [0.15, 0.2) is 16.6 Å². The second-order valence-corrected chi connectivity index (χ2v) is 3.54. The third-order valence-electron chi connectivity index (χ3n) is 1.77. The van der Waals surface area contributed by atoms with Gasteiger partial charge >= 0.3 is 0 Å². The lowest BCUT2D eigenvalue weighted by Crippen LogP contribution is -2.13. The van der Waals surface area contributed by atoms with E-state index >= 15 is 0 Å². The maximum Gasteiger partial charge on any atom is 0.131 e. The van der Waals surface area contributed by atoms with Crippen LogP contribution in [0.4, 0.5) is 4.39 Å². The summed E-state index contributed by atoms with van der Waals surface area (Å²) >= 11 is 3.28. The van der Waals surface area contributed by atoms with Crippen molar-refractivity contribution >= 4 is 15.9 Å². The topological polar surface area (TPSA) is 21.3 Å². The molecule has 0 atom stereocenters. The highest BCUT2D eigenvalue weighted by atomic mass is 79.9. The molecule has 0 unspecified atom stereocenters. The number of nitrogens with one attached hydrogen (secondary N) is 1. The number of hydrogen-bond acceptors (Lipinski definition) is 2. The zero-order chi connectivity index (χ0) is 9.84. The Bertz CT molecular complexity index is 304. The van der Waals surface area contributed by atoms with Crippen LogP contribution in [0, 0.1) is 12.7 Å². The van der Waals surface area contributed by atoms with Crippen molar-refractivity contribution < 1.29 is 9.23 Å². The summed E-state index contributed by atoms with van der Waals surface area (Å²) in [6, 6.07) is 3.56. The lowest BCUT2D eigenvalue weighted by Gasteiger charge is -2.08. The van der Waals surface area contributed by atoms with Crippen molar-refractivity contribution in [3.63, 3.8) is 0 Å². The number of aryl methyl sites for hydroxylation is 1. The molecular weight excluding hydrogens is 237 g/mol. The van der Waals surface area contributed by atoms with Crippen LogP contribution in [0.25, 0.3) is 0 Å². The molecule has 0 fully saturated rings. The Labute approximate surface area is 85.2 Å². The van der Waals surface area contributed by atoms with Gasteiger partial charge in [0.25, 0.3) is 0 Å². The Morgan fingerprint density at radius 2 is 2.23 bits per heavy atom. The van der Waals surface area contributed by atoms with Crippen molar-refractivity contribution in [2.75, 3.05) is 7.11 Å². The van der Waals surface area contributed by atoms with E-state index in [1.807, 2.05) is 6.07 Å². The molecule has 0 radical (unpaired) electrons. The average molecular weight is 248 g/mol. The van der Waals surface area contributed by atoms with Crippen LogP contribution in [0.2, 0.25) is 0 Å². The van der Waals surface area contributed by atoms with Crippen molar-refractivity contribution in [1.29, 1.82) is 0 Å². The van der Waals surface area contributed by atoms with Crippen LogP contribution >= 0.6 is 15.9 Å². The van der Waals surface area contributed by atoms with Gasteiger partial charge in [-0.05, 0) is 18.6 Å². The highest BCUT2D eigenvalue weighted by molar-refractivity contribution is 9.10. The Balaban J connectivity index is 2.96. The molecule has 4 heteroatoms. The van der Waals surface area contributed by atoms with E-state index in [0.29, 0.717) is 17.7 Å². The molecule has 0 saturated heterocycles. The molecule has 0 amide bonds. The second kappa shape index (κ2) is 4.69. The molecule has 13 heavy (non-hydrogen) atoms. The van der Waals surface area contributed by atoms with Crippen LogP contribution in [-0.4, -0.2) is 7.11 Å². The fourth-order valence-corrected chi connectivity index (χ4v) is 1.47. The second-order valence-electron chi connectivity index (χ2n) is 2.68. The summed E-state index contributed by atoms with van der Waals surface area (Å²) < 4.78 is 14.2. The number of rotatable bonds is 3. The molecule has 0 aliphatic carbocycles. The summed E-state index contributed by atoms with van der Waals surface area (Å²) in [4.78, 5) is 4.66. The molecule has 0 heterocycles. The predicted octanol–water partition coefficient (Wildman–Crippen LogP) is 2.55. The minimum Gasteiger partial charge on any atom is -0.305 e. The molecular formula is C9H11BrFNO. The van der Waals surface area contributed by atoms with E-state index in [4.69, 9.17) is 0 Å². The lowest BCUT2D eigenvalue weighted by molar-refractivity contribution is 0.0857. The molecule has 0 bridgehead atoms. The lowest BCUT2D eigenvalue weighted by atomic mass is 10.1. The number of hydrogen-bond donors (Lipinski definition) is 1. The van der Waals surface area contributed by atoms with Crippen molar-refractivity contribution in [3.8, 4) is 0 Å². The van der Waals surface area contributed by atoms with Gasteiger partial charge < -0.3 is 4.84 Å². The van der Waals surface area contributed by atoms with Gasteiger partial charge in [0.1, 0.15) is 5.82 Å². The highest BCUT2D eigenvalue weighted by Gasteiger charge is 2.08. The first-order chi connectivity index (χ1) is 6.16. The molecule has 1 aromatic rings.